The van der Waals surface area contributed by atoms with Crippen LogP contribution >= 0.6 is 22.9 Å². The Kier molecular flexibility index (Phi) is 1.54. The summed E-state index contributed by atoms with van der Waals surface area (Å²) in [5.41, 5.74) is 0. The van der Waals surface area contributed by atoms with Gasteiger partial charge in [-0.1, -0.05) is 22.9 Å². The van der Waals surface area contributed by atoms with E-state index >= 15 is 0 Å². The molecule has 0 atom stereocenters. The molecule has 1 aliphatic carbocycles. The number of aromatic nitrogens is 1. The predicted molar refractivity (Wildman–Crippen MR) is 43.8 cm³/mol. The number of nitrogens with one attached hydrogen (secondary N) is 1. The molecule has 0 bridgehead atoms. The molecular weight excluding hydrogens is 168 g/mol. The van der Waals surface area contributed by atoms with E-state index in [1.807, 2.05) is 0 Å². The average Bonchev–Trinajstić information content (AvgIpc) is 2.59. The maximum atomic E-state index is 5.68. The maximum Gasteiger partial charge on any atom is 0.184 e. The Balaban J connectivity index is 2.03. The lowest BCUT2D eigenvalue weighted by molar-refractivity contribution is 1.14. The van der Waals surface area contributed by atoms with Gasteiger partial charge in [0.2, 0.25) is 0 Å². The number of thiazole rings is 1. The Morgan fingerprint density at radius 3 is 3.00 bits per heavy atom. The van der Waals surface area contributed by atoms with Crippen LogP contribution in [0.1, 0.15) is 12.8 Å². The highest BCUT2D eigenvalue weighted by Gasteiger charge is 2.21. The minimum absolute atomic E-state index is 0.669. The highest BCUT2D eigenvalue weighted by molar-refractivity contribution is 7.19. The minimum atomic E-state index is 0.669. The first kappa shape index (κ1) is 6.43. The number of nitrogens with zero attached hydrogens (tertiary/aromatic N) is 1. The Hall–Kier alpha value is -0.280. The quantitative estimate of drug-likeness (QED) is 0.745. The van der Waals surface area contributed by atoms with Gasteiger partial charge in [-0.05, 0) is 12.8 Å². The normalized spacial score (nSPS) is 17.3. The van der Waals surface area contributed by atoms with Crippen LogP contribution in [-0.4, -0.2) is 11.0 Å². The van der Waals surface area contributed by atoms with Crippen LogP contribution in [0.25, 0.3) is 0 Å². The van der Waals surface area contributed by atoms with E-state index in [9.17, 15) is 0 Å². The van der Waals surface area contributed by atoms with Crippen LogP contribution in [0, 0.1) is 0 Å². The Labute approximate surface area is 68.2 Å². The highest BCUT2D eigenvalue weighted by atomic mass is 35.5. The Morgan fingerprint density at radius 1 is 1.70 bits per heavy atom. The predicted octanol–water partition coefficient (Wildman–Crippen LogP) is 2.37. The van der Waals surface area contributed by atoms with E-state index in [2.05, 4.69) is 10.3 Å². The monoisotopic (exact) mass is 174 g/mol. The largest absolute Gasteiger partial charge is 0.359 e. The molecule has 10 heavy (non-hydrogen) atoms. The van der Waals surface area contributed by atoms with Gasteiger partial charge in [0.25, 0.3) is 0 Å². The number of rotatable bonds is 2. The molecule has 1 N–H and O–H groups in total. The third-order valence-electron chi connectivity index (χ3n) is 1.38. The number of hydrogen-bond donors (Lipinski definition) is 1. The summed E-state index contributed by atoms with van der Waals surface area (Å²) in [6, 6.07) is 0.669. The second-order valence-electron chi connectivity index (χ2n) is 2.39. The van der Waals surface area contributed by atoms with Crippen molar-refractivity contribution in [1.29, 1.82) is 0 Å². The molecule has 54 valence electrons. The molecule has 2 rings (SSSR count). The summed E-state index contributed by atoms with van der Waals surface area (Å²) in [6.45, 7) is 0. The molecule has 1 aliphatic rings. The molecule has 0 unspecified atom stereocenters. The standard InChI is InChI=1S/C6H7ClN2S/c7-5-3-8-6(10-5)9-4-1-2-4/h3-4H,1-2H2,(H,8,9). The van der Waals surface area contributed by atoms with Crippen LogP contribution < -0.4 is 5.32 Å². The molecule has 1 saturated carbocycles. The van der Waals surface area contributed by atoms with Crippen molar-refractivity contribution in [2.75, 3.05) is 5.32 Å². The second-order valence-corrected chi connectivity index (χ2v) is 4.05. The minimum Gasteiger partial charge on any atom is -0.359 e. The smallest absolute Gasteiger partial charge is 0.184 e. The molecular formula is C6H7ClN2S. The zero-order chi connectivity index (χ0) is 6.97. The number of anilines is 1. The van der Waals surface area contributed by atoms with E-state index in [0.717, 1.165) is 9.47 Å². The Bertz CT molecular complexity index is 231. The van der Waals surface area contributed by atoms with Gasteiger partial charge in [0.1, 0.15) is 4.34 Å². The third kappa shape index (κ3) is 1.41. The summed E-state index contributed by atoms with van der Waals surface area (Å²) in [4.78, 5) is 4.07. The van der Waals surface area contributed by atoms with Crippen LogP contribution in [0.4, 0.5) is 5.13 Å². The lowest BCUT2D eigenvalue weighted by Gasteiger charge is -1.94. The molecule has 0 saturated heterocycles. The number of halogens is 1. The topological polar surface area (TPSA) is 24.9 Å². The van der Waals surface area contributed by atoms with Crippen molar-refractivity contribution in [2.45, 2.75) is 18.9 Å². The molecule has 1 fully saturated rings. The lowest BCUT2D eigenvalue weighted by atomic mass is 10.7. The fourth-order valence-corrected chi connectivity index (χ4v) is 1.61. The summed E-state index contributed by atoms with van der Waals surface area (Å²) >= 11 is 7.18. The first-order valence-electron chi connectivity index (χ1n) is 3.22. The van der Waals surface area contributed by atoms with Crippen molar-refractivity contribution in [2.24, 2.45) is 0 Å². The van der Waals surface area contributed by atoms with Crippen molar-refractivity contribution in [3.05, 3.63) is 10.5 Å². The van der Waals surface area contributed by atoms with Crippen LogP contribution in [-0.2, 0) is 0 Å². The summed E-state index contributed by atoms with van der Waals surface area (Å²) in [6.07, 6.45) is 4.23. The zero-order valence-corrected chi connectivity index (χ0v) is 6.87. The highest BCUT2D eigenvalue weighted by Crippen LogP contribution is 2.28. The molecule has 4 heteroatoms. The van der Waals surface area contributed by atoms with Gasteiger partial charge >= 0.3 is 0 Å². The van der Waals surface area contributed by atoms with Gasteiger partial charge in [-0.15, -0.1) is 0 Å². The molecule has 0 aromatic carbocycles. The number of hydrogen-bond acceptors (Lipinski definition) is 3. The molecule has 1 heterocycles. The summed E-state index contributed by atoms with van der Waals surface area (Å²) in [5, 5.41) is 4.21. The van der Waals surface area contributed by atoms with Crippen LogP contribution in [0.15, 0.2) is 6.20 Å². The molecule has 2 nitrogen and oxygen atoms in total. The van der Waals surface area contributed by atoms with E-state index in [4.69, 9.17) is 11.6 Å². The van der Waals surface area contributed by atoms with Gasteiger partial charge in [-0.25, -0.2) is 4.98 Å². The summed E-state index contributed by atoms with van der Waals surface area (Å²) in [5.74, 6) is 0. The van der Waals surface area contributed by atoms with Gasteiger partial charge < -0.3 is 5.32 Å². The molecule has 0 aliphatic heterocycles. The maximum absolute atomic E-state index is 5.68. The SMILES string of the molecule is Clc1cnc(NC2CC2)s1. The lowest BCUT2D eigenvalue weighted by Crippen LogP contribution is -1.98. The third-order valence-corrected chi connectivity index (χ3v) is 2.43. The molecule has 0 spiro atoms. The average molecular weight is 175 g/mol. The van der Waals surface area contributed by atoms with Crippen LogP contribution in [0.3, 0.4) is 0 Å². The van der Waals surface area contributed by atoms with Crippen molar-refractivity contribution in [3.8, 4) is 0 Å². The summed E-state index contributed by atoms with van der Waals surface area (Å²) < 4.78 is 0.753. The fourth-order valence-electron chi connectivity index (χ4n) is 0.723. The van der Waals surface area contributed by atoms with Gasteiger partial charge in [-0.2, -0.15) is 0 Å². The molecule has 0 radical (unpaired) electrons. The van der Waals surface area contributed by atoms with Crippen LogP contribution in [0.2, 0.25) is 4.34 Å². The Morgan fingerprint density at radius 2 is 2.50 bits per heavy atom. The first-order chi connectivity index (χ1) is 4.84. The van der Waals surface area contributed by atoms with E-state index in [-0.39, 0.29) is 0 Å². The van der Waals surface area contributed by atoms with Gasteiger partial charge in [0, 0.05) is 6.04 Å². The van der Waals surface area contributed by atoms with Gasteiger partial charge in [0.15, 0.2) is 5.13 Å². The zero-order valence-electron chi connectivity index (χ0n) is 5.30. The van der Waals surface area contributed by atoms with Crippen LogP contribution in [0.5, 0.6) is 0 Å². The van der Waals surface area contributed by atoms with E-state index in [1.165, 1.54) is 24.2 Å². The summed E-state index contributed by atoms with van der Waals surface area (Å²) in [7, 11) is 0. The van der Waals surface area contributed by atoms with Crippen molar-refractivity contribution in [3.63, 3.8) is 0 Å². The van der Waals surface area contributed by atoms with E-state index in [1.54, 1.807) is 6.20 Å². The van der Waals surface area contributed by atoms with E-state index < -0.39 is 0 Å². The fraction of sp³-hybridized carbons (Fsp3) is 0.500. The van der Waals surface area contributed by atoms with Gasteiger partial charge in [0.05, 0.1) is 6.20 Å². The first-order valence-corrected chi connectivity index (χ1v) is 4.42. The van der Waals surface area contributed by atoms with Gasteiger partial charge in [-0.3, -0.25) is 0 Å². The van der Waals surface area contributed by atoms with Crippen molar-refractivity contribution >= 4 is 28.1 Å². The molecule has 1 aromatic heterocycles. The second kappa shape index (κ2) is 2.40. The molecule has 0 amide bonds. The van der Waals surface area contributed by atoms with Crippen molar-refractivity contribution in [1.82, 2.24) is 4.98 Å². The van der Waals surface area contributed by atoms with Crippen molar-refractivity contribution < 1.29 is 0 Å². The molecule has 1 aromatic rings. The van der Waals surface area contributed by atoms with E-state index in [0.29, 0.717) is 6.04 Å².